The third-order valence-electron chi connectivity index (χ3n) is 2.80. The number of esters is 1. The molecule has 0 aromatic rings. The minimum atomic E-state index is -0.395. The smallest absolute Gasteiger partial charge is 0.335 e. The molecule has 0 bridgehead atoms. The summed E-state index contributed by atoms with van der Waals surface area (Å²) >= 11 is 0. The van der Waals surface area contributed by atoms with Gasteiger partial charge in [-0.1, -0.05) is 6.92 Å². The second-order valence-electron chi connectivity index (χ2n) is 3.98. The minimum absolute atomic E-state index is 0.202. The minimum Gasteiger partial charge on any atom is -0.464 e. The summed E-state index contributed by atoms with van der Waals surface area (Å²) in [6.07, 6.45) is 2.43. The van der Waals surface area contributed by atoms with E-state index in [1.165, 1.54) is 0 Å². The fourth-order valence-corrected chi connectivity index (χ4v) is 1.76. The van der Waals surface area contributed by atoms with Gasteiger partial charge in [0.05, 0.1) is 12.7 Å². The number of nitrogens with two attached hydrogens (primary N) is 1. The highest BCUT2D eigenvalue weighted by Crippen LogP contribution is 2.30. The van der Waals surface area contributed by atoms with Crippen molar-refractivity contribution in [1.29, 1.82) is 0 Å². The van der Waals surface area contributed by atoms with Crippen molar-refractivity contribution in [3.05, 3.63) is 0 Å². The van der Waals surface area contributed by atoms with E-state index in [0.29, 0.717) is 18.9 Å². The number of carbonyl (C=O) groups excluding carboxylic acids is 1. The van der Waals surface area contributed by atoms with Gasteiger partial charge in [-0.3, -0.25) is 0 Å². The molecular weight excluding hydrogens is 194 g/mol. The monoisotopic (exact) mass is 215 g/mol. The quantitative estimate of drug-likeness (QED) is 0.673. The van der Waals surface area contributed by atoms with Gasteiger partial charge in [0.15, 0.2) is 6.10 Å². The summed E-state index contributed by atoms with van der Waals surface area (Å²) in [6.45, 7) is 4.87. The predicted molar refractivity (Wildman–Crippen MR) is 57.4 cm³/mol. The van der Waals surface area contributed by atoms with Crippen molar-refractivity contribution in [2.75, 3.05) is 13.2 Å². The Balaban J connectivity index is 2.25. The largest absolute Gasteiger partial charge is 0.464 e. The molecular formula is C11H21NO3. The van der Waals surface area contributed by atoms with Gasteiger partial charge >= 0.3 is 5.97 Å². The van der Waals surface area contributed by atoms with E-state index in [-0.39, 0.29) is 12.1 Å². The second-order valence-corrected chi connectivity index (χ2v) is 3.98. The van der Waals surface area contributed by atoms with Crippen LogP contribution in [-0.4, -0.2) is 31.3 Å². The topological polar surface area (TPSA) is 61.5 Å². The maximum absolute atomic E-state index is 11.4. The molecule has 1 aliphatic rings. The zero-order valence-electron chi connectivity index (χ0n) is 9.57. The molecule has 4 heteroatoms. The van der Waals surface area contributed by atoms with E-state index in [1.807, 2.05) is 6.92 Å². The van der Waals surface area contributed by atoms with Crippen LogP contribution < -0.4 is 5.73 Å². The lowest BCUT2D eigenvalue weighted by molar-refractivity contribution is -0.166. The van der Waals surface area contributed by atoms with Crippen LogP contribution in [0.5, 0.6) is 0 Å². The number of rotatable bonds is 6. The average molecular weight is 215 g/mol. The molecule has 2 N–H and O–H groups in total. The molecule has 1 saturated carbocycles. The van der Waals surface area contributed by atoms with E-state index in [4.69, 9.17) is 15.2 Å². The van der Waals surface area contributed by atoms with E-state index >= 15 is 0 Å². The SMILES string of the molecule is CCOC(=O)C(CC)OC1CC(CN)C1. The standard InChI is InChI=1S/C11H21NO3/c1-3-10(11(13)14-4-2)15-9-5-8(6-9)7-12/h8-10H,3-7,12H2,1-2H3. The molecule has 1 rings (SSSR count). The summed E-state index contributed by atoms with van der Waals surface area (Å²) in [4.78, 5) is 11.4. The molecule has 0 saturated heterocycles. The van der Waals surface area contributed by atoms with Crippen LogP contribution in [0.15, 0.2) is 0 Å². The summed E-state index contributed by atoms with van der Waals surface area (Å²) in [5.74, 6) is 0.339. The van der Waals surface area contributed by atoms with Crippen LogP contribution in [0.2, 0.25) is 0 Å². The first-order chi connectivity index (χ1) is 7.21. The molecule has 88 valence electrons. The molecule has 15 heavy (non-hydrogen) atoms. The normalized spacial score (nSPS) is 26.9. The second kappa shape index (κ2) is 6.08. The van der Waals surface area contributed by atoms with E-state index in [0.717, 1.165) is 19.4 Å². The molecule has 0 amide bonds. The van der Waals surface area contributed by atoms with Crippen LogP contribution in [0.1, 0.15) is 33.1 Å². The van der Waals surface area contributed by atoms with Crippen molar-refractivity contribution in [1.82, 2.24) is 0 Å². The van der Waals surface area contributed by atoms with Gasteiger partial charge in [-0.2, -0.15) is 0 Å². The molecule has 4 nitrogen and oxygen atoms in total. The molecule has 0 radical (unpaired) electrons. The number of hydrogen-bond acceptors (Lipinski definition) is 4. The summed E-state index contributed by atoms with van der Waals surface area (Å²) < 4.78 is 10.6. The first-order valence-electron chi connectivity index (χ1n) is 5.73. The highest BCUT2D eigenvalue weighted by Gasteiger charge is 2.32. The van der Waals surface area contributed by atoms with Gasteiger partial charge in [0, 0.05) is 0 Å². The maximum atomic E-state index is 11.4. The molecule has 0 aliphatic heterocycles. The van der Waals surface area contributed by atoms with Gasteiger partial charge in [0.2, 0.25) is 0 Å². The van der Waals surface area contributed by atoms with Gasteiger partial charge in [-0.15, -0.1) is 0 Å². The van der Waals surface area contributed by atoms with E-state index in [2.05, 4.69) is 0 Å². The van der Waals surface area contributed by atoms with E-state index < -0.39 is 6.10 Å². The van der Waals surface area contributed by atoms with Crippen LogP contribution in [0.3, 0.4) is 0 Å². The molecule has 1 fully saturated rings. The zero-order chi connectivity index (χ0) is 11.3. The molecule has 1 aliphatic carbocycles. The average Bonchev–Trinajstić information content (AvgIpc) is 2.16. The highest BCUT2D eigenvalue weighted by atomic mass is 16.6. The van der Waals surface area contributed by atoms with Crippen LogP contribution >= 0.6 is 0 Å². The Labute approximate surface area is 91.1 Å². The molecule has 0 heterocycles. The Kier molecular flexibility index (Phi) is 5.05. The molecule has 1 unspecified atom stereocenters. The van der Waals surface area contributed by atoms with Gasteiger partial charge in [0.1, 0.15) is 0 Å². The number of carbonyl (C=O) groups is 1. The Hall–Kier alpha value is -0.610. The van der Waals surface area contributed by atoms with Crippen LogP contribution in [0.4, 0.5) is 0 Å². The van der Waals surface area contributed by atoms with Gasteiger partial charge in [0.25, 0.3) is 0 Å². The summed E-state index contributed by atoms with van der Waals surface area (Å²) in [6, 6.07) is 0. The Bertz CT molecular complexity index is 202. The van der Waals surface area contributed by atoms with Crippen LogP contribution in [-0.2, 0) is 14.3 Å². The van der Waals surface area contributed by atoms with Crippen molar-refractivity contribution >= 4 is 5.97 Å². The lowest BCUT2D eigenvalue weighted by Crippen LogP contribution is -2.40. The lowest BCUT2D eigenvalue weighted by atomic mass is 9.82. The molecule has 0 aromatic carbocycles. The Morgan fingerprint density at radius 3 is 2.60 bits per heavy atom. The summed E-state index contributed by atoms with van der Waals surface area (Å²) in [5, 5.41) is 0. The van der Waals surface area contributed by atoms with Gasteiger partial charge in [-0.05, 0) is 38.6 Å². The van der Waals surface area contributed by atoms with Gasteiger partial charge < -0.3 is 15.2 Å². The summed E-state index contributed by atoms with van der Waals surface area (Å²) in [5.41, 5.74) is 5.52. The van der Waals surface area contributed by atoms with Crippen molar-refractivity contribution in [2.24, 2.45) is 11.7 Å². The number of hydrogen-bond donors (Lipinski definition) is 1. The van der Waals surface area contributed by atoms with E-state index in [1.54, 1.807) is 6.92 Å². The fourth-order valence-electron chi connectivity index (χ4n) is 1.76. The Morgan fingerprint density at radius 2 is 2.13 bits per heavy atom. The fraction of sp³-hybridized carbons (Fsp3) is 0.909. The molecule has 0 spiro atoms. The van der Waals surface area contributed by atoms with Crippen molar-refractivity contribution < 1.29 is 14.3 Å². The summed E-state index contributed by atoms with van der Waals surface area (Å²) in [7, 11) is 0. The molecule has 1 atom stereocenters. The number of ether oxygens (including phenoxy) is 2. The Morgan fingerprint density at radius 1 is 1.47 bits per heavy atom. The highest BCUT2D eigenvalue weighted by molar-refractivity contribution is 5.74. The van der Waals surface area contributed by atoms with Crippen LogP contribution in [0.25, 0.3) is 0 Å². The third kappa shape index (κ3) is 3.47. The van der Waals surface area contributed by atoms with Crippen molar-refractivity contribution in [3.63, 3.8) is 0 Å². The zero-order valence-corrected chi connectivity index (χ0v) is 9.57. The van der Waals surface area contributed by atoms with Crippen LogP contribution in [0, 0.1) is 5.92 Å². The molecule has 0 aromatic heterocycles. The maximum Gasteiger partial charge on any atom is 0.335 e. The van der Waals surface area contributed by atoms with E-state index in [9.17, 15) is 4.79 Å². The van der Waals surface area contributed by atoms with Gasteiger partial charge in [-0.25, -0.2) is 4.79 Å². The first-order valence-corrected chi connectivity index (χ1v) is 5.73. The first kappa shape index (κ1) is 12.5. The predicted octanol–water partition coefficient (Wildman–Crippen LogP) is 1.08. The van der Waals surface area contributed by atoms with Crippen molar-refractivity contribution in [3.8, 4) is 0 Å². The van der Waals surface area contributed by atoms with Crippen molar-refractivity contribution in [2.45, 2.75) is 45.3 Å². The lowest BCUT2D eigenvalue weighted by Gasteiger charge is -2.36. The third-order valence-corrected chi connectivity index (χ3v) is 2.80.